The summed E-state index contributed by atoms with van der Waals surface area (Å²) in [7, 11) is 1.31. The predicted molar refractivity (Wildman–Crippen MR) is 240 cm³/mol. The van der Waals surface area contributed by atoms with Crippen LogP contribution in [0.2, 0.25) is 0 Å². The molecule has 0 saturated carbocycles. The molecule has 3 N–H and O–H groups in total. The highest BCUT2D eigenvalue weighted by molar-refractivity contribution is 5.87. The van der Waals surface area contributed by atoms with Crippen LogP contribution >= 0.6 is 0 Å². The molecule has 4 saturated heterocycles. The Morgan fingerprint density at radius 3 is 1.87 bits per heavy atom. The first kappa shape index (κ1) is 41.7. The Balaban J connectivity index is 1.02. The van der Waals surface area contributed by atoms with Gasteiger partial charge in [-0.15, -0.1) is 0 Å². The smallest absolute Gasteiger partial charge is 0.407 e. The second-order valence-electron chi connectivity index (χ2n) is 18.4. The van der Waals surface area contributed by atoms with Crippen LogP contribution in [0.15, 0.2) is 54.7 Å². The van der Waals surface area contributed by atoms with E-state index in [1.165, 1.54) is 37.5 Å². The number of piperidine rings is 1. The van der Waals surface area contributed by atoms with Crippen LogP contribution < -0.4 is 15.1 Å². The van der Waals surface area contributed by atoms with E-state index in [2.05, 4.69) is 79.8 Å². The van der Waals surface area contributed by atoms with Gasteiger partial charge in [0.15, 0.2) is 0 Å². The van der Waals surface area contributed by atoms with Gasteiger partial charge in [-0.2, -0.15) is 0 Å². The molecule has 5 aromatic rings. The molecule has 4 fully saturated rings. The van der Waals surface area contributed by atoms with Crippen LogP contribution in [0.4, 0.5) is 16.3 Å². The molecule has 3 aromatic heterocycles. The number of rotatable bonds is 11. The molecule has 62 heavy (non-hydrogen) atoms. The SMILES string of the molecule is COC(=O)N[C@H](C(=O)N1CCC[C@H]1c1nc2ccc([C@H]3CC[C@H](c4ccc5nc([C@@H]6CCCN6C(=O)[CH]C(C)C)[nH]c5c4)N3c3ccc(N4CCCCC4)nc3)cc2[nH]1)C(C)C. The van der Waals surface area contributed by atoms with Gasteiger partial charge in [-0.1, -0.05) is 39.8 Å². The first-order valence-corrected chi connectivity index (χ1v) is 22.8. The highest BCUT2D eigenvalue weighted by Crippen LogP contribution is 2.48. The van der Waals surface area contributed by atoms with Crippen LogP contribution in [-0.4, -0.2) is 92.0 Å². The first-order valence-electron chi connectivity index (χ1n) is 22.8. The van der Waals surface area contributed by atoms with Crippen molar-refractivity contribution in [2.75, 3.05) is 43.1 Å². The molecule has 2 aromatic carbocycles. The van der Waals surface area contributed by atoms with E-state index in [-0.39, 0.29) is 47.8 Å². The molecule has 0 aliphatic carbocycles. The number of likely N-dealkylation sites (tertiary alicyclic amines) is 2. The maximum Gasteiger partial charge on any atom is 0.407 e. The fourth-order valence-corrected chi connectivity index (χ4v) is 10.4. The Kier molecular flexibility index (Phi) is 11.8. The number of carbonyl (C=O) groups excluding carboxylic acids is 3. The van der Waals surface area contributed by atoms with Crippen LogP contribution in [0.3, 0.4) is 0 Å². The van der Waals surface area contributed by atoms with Gasteiger partial charge >= 0.3 is 6.09 Å². The molecule has 0 bridgehead atoms. The third-order valence-corrected chi connectivity index (χ3v) is 13.5. The van der Waals surface area contributed by atoms with E-state index in [0.29, 0.717) is 6.54 Å². The quantitative estimate of drug-likeness (QED) is 0.119. The lowest BCUT2D eigenvalue weighted by atomic mass is 10.0. The lowest BCUT2D eigenvalue weighted by Gasteiger charge is -2.34. The van der Waals surface area contributed by atoms with Gasteiger partial charge < -0.3 is 39.6 Å². The summed E-state index contributed by atoms with van der Waals surface area (Å²) in [6, 6.07) is 16.7. The highest BCUT2D eigenvalue weighted by Gasteiger charge is 2.39. The van der Waals surface area contributed by atoms with Gasteiger partial charge in [-0.3, -0.25) is 9.59 Å². The third kappa shape index (κ3) is 8.20. The largest absolute Gasteiger partial charge is 0.453 e. The van der Waals surface area contributed by atoms with Crippen molar-refractivity contribution in [3.05, 3.63) is 83.9 Å². The Labute approximate surface area is 364 Å². The van der Waals surface area contributed by atoms with Crippen molar-refractivity contribution in [2.24, 2.45) is 11.8 Å². The molecule has 3 amide bonds. The summed E-state index contributed by atoms with van der Waals surface area (Å²) in [5.41, 5.74) is 7.16. The summed E-state index contributed by atoms with van der Waals surface area (Å²) in [5, 5.41) is 2.75. The number of fused-ring (bicyclic) bond motifs is 2. The molecule has 4 aliphatic heterocycles. The van der Waals surface area contributed by atoms with Gasteiger partial charge in [0.2, 0.25) is 11.8 Å². The maximum atomic E-state index is 13.9. The van der Waals surface area contributed by atoms with Crippen LogP contribution in [0.25, 0.3) is 22.1 Å². The Bertz CT molecular complexity index is 2400. The minimum Gasteiger partial charge on any atom is -0.453 e. The van der Waals surface area contributed by atoms with Crippen LogP contribution in [0, 0.1) is 18.3 Å². The normalized spacial score (nSPS) is 22.4. The summed E-state index contributed by atoms with van der Waals surface area (Å²) >= 11 is 0. The number of pyridine rings is 1. The number of nitrogens with one attached hydrogen (secondary N) is 3. The second kappa shape index (κ2) is 17.6. The van der Waals surface area contributed by atoms with E-state index in [4.69, 9.17) is 19.7 Å². The molecule has 0 spiro atoms. The van der Waals surface area contributed by atoms with Crippen LogP contribution in [-0.2, 0) is 14.3 Å². The summed E-state index contributed by atoms with van der Waals surface area (Å²) in [6.45, 7) is 11.4. The minimum absolute atomic E-state index is 0.0547. The van der Waals surface area contributed by atoms with Crippen LogP contribution in [0.1, 0.15) is 132 Å². The summed E-state index contributed by atoms with van der Waals surface area (Å²) < 4.78 is 4.84. The first-order chi connectivity index (χ1) is 30.1. The zero-order chi connectivity index (χ0) is 43.1. The Morgan fingerprint density at radius 1 is 0.726 bits per heavy atom. The van der Waals surface area contributed by atoms with E-state index in [9.17, 15) is 14.4 Å². The summed E-state index contributed by atoms with van der Waals surface area (Å²) in [5.74, 6) is 2.69. The molecule has 14 heteroatoms. The summed E-state index contributed by atoms with van der Waals surface area (Å²) in [6.07, 6.45) is 12.3. The molecule has 7 heterocycles. The van der Waals surface area contributed by atoms with Gasteiger partial charge in [0, 0.05) is 26.2 Å². The standard InChI is InChI=1S/C48H61N10O4/c1-29(2)25-43(59)56-23-9-11-40(56)45-50-34-16-13-31(26-36(34)52-45)38-18-19-39(58(38)33-15-20-42(49-28-33)55-21-7-6-8-22-55)32-14-17-35-37(27-32)53-46(51-35)41-12-10-24-57(41)47(60)44(30(3)4)54-48(61)62-5/h13-17,20,25-30,38-41,44H,6-12,18-19,21-24H2,1-5H3,(H,50,52)(H,51,53)(H,54,61)/t38-,39-,40+,41+,44+/m1/s1. The molecular weight excluding hydrogens is 781 g/mol. The number of amides is 3. The van der Waals surface area contributed by atoms with Crippen molar-refractivity contribution in [3.63, 3.8) is 0 Å². The molecular formula is C48H61N10O4. The zero-order valence-corrected chi connectivity index (χ0v) is 36.8. The van der Waals surface area contributed by atoms with Gasteiger partial charge in [-0.05, 0) is 117 Å². The fraction of sp³-hybridized carbons (Fsp3) is 0.521. The number of aromatic nitrogens is 5. The van der Waals surface area contributed by atoms with E-state index in [0.717, 1.165) is 103 Å². The van der Waals surface area contributed by atoms with E-state index >= 15 is 0 Å². The zero-order valence-electron chi connectivity index (χ0n) is 36.8. The van der Waals surface area contributed by atoms with Gasteiger partial charge in [0.25, 0.3) is 0 Å². The average molecular weight is 842 g/mol. The van der Waals surface area contributed by atoms with E-state index < -0.39 is 12.1 Å². The molecule has 0 unspecified atom stereocenters. The van der Waals surface area contributed by atoms with E-state index in [1.807, 2.05) is 43.9 Å². The van der Waals surface area contributed by atoms with Gasteiger partial charge in [-0.25, -0.2) is 19.7 Å². The van der Waals surface area contributed by atoms with Crippen molar-refractivity contribution in [1.29, 1.82) is 0 Å². The number of H-pyrrole nitrogens is 2. The molecule has 5 atom stereocenters. The fourth-order valence-electron chi connectivity index (χ4n) is 10.4. The number of methoxy groups -OCH3 is 1. The Morgan fingerprint density at radius 2 is 1.32 bits per heavy atom. The topological polar surface area (TPSA) is 156 Å². The molecule has 327 valence electrons. The number of nitrogens with zero attached hydrogens (tertiary/aromatic N) is 7. The number of hydrogen-bond acceptors (Lipinski definition) is 9. The number of carbonyl (C=O) groups is 3. The van der Waals surface area contributed by atoms with Gasteiger partial charge in [0.05, 0.1) is 71.6 Å². The van der Waals surface area contributed by atoms with Crippen molar-refractivity contribution in [1.82, 2.24) is 40.0 Å². The average Bonchev–Trinajstić information content (AvgIpc) is 4.13. The highest BCUT2D eigenvalue weighted by atomic mass is 16.5. The number of aromatic amines is 2. The number of anilines is 2. The maximum absolute atomic E-state index is 13.9. The van der Waals surface area contributed by atoms with E-state index in [1.54, 1.807) is 0 Å². The molecule has 1 radical (unpaired) electrons. The number of imidazole rings is 2. The molecule has 4 aliphatic rings. The van der Waals surface area contributed by atoms with Crippen molar-refractivity contribution < 1.29 is 19.1 Å². The minimum atomic E-state index is -0.693. The lowest BCUT2D eigenvalue weighted by Crippen LogP contribution is -2.51. The van der Waals surface area contributed by atoms with Gasteiger partial charge in [0.1, 0.15) is 23.5 Å². The number of hydrogen-bond donors (Lipinski definition) is 3. The number of benzene rings is 2. The molecule has 14 nitrogen and oxygen atoms in total. The number of ether oxygens (including phenoxy) is 1. The second-order valence-corrected chi connectivity index (χ2v) is 18.4. The lowest BCUT2D eigenvalue weighted by molar-refractivity contribution is -0.135. The predicted octanol–water partition coefficient (Wildman–Crippen LogP) is 8.48. The van der Waals surface area contributed by atoms with Crippen LogP contribution in [0.5, 0.6) is 0 Å². The summed E-state index contributed by atoms with van der Waals surface area (Å²) in [4.78, 5) is 70.3. The van der Waals surface area contributed by atoms with Crippen molar-refractivity contribution in [3.8, 4) is 0 Å². The molecule has 9 rings (SSSR count). The monoisotopic (exact) mass is 841 g/mol. The van der Waals surface area contributed by atoms with Crippen molar-refractivity contribution >= 4 is 51.5 Å². The Hall–Kier alpha value is -5.66. The van der Waals surface area contributed by atoms with Crippen molar-refractivity contribution in [2.45, 2.75) is 116 Å². The number of alkyl carbamates (subject to hydrolysis) is 1. The third-order valence-electron chi connectivity index (χ3n) is 13.5.